The molecule has 1 aromatic carbocycles. The van der Waals surface area contributed by atoms with Crippen LogP contribution in [0.1, 0.15) is 0 Å². The highest BCUT2D eigenvalue weighted by Gasteiger charge is 2.14. The Hall–Kier alpha value is -1.75. The van der Waals surface area contributed by atoms with E-state index in [9.17, 15) is 5.21 Å². The highest BCUT2D eigenvalue weighted by molar-refractivity contribution is 5.94. The number of aliphatic imine (C=N–C) groups is 1. The van der Waals surface area contributed by atoms with Crippen molar-refractivity contribution in [2.75, 3.05) is 25.3 Å². The molecule has 1 heterocycles. The zero-order chi connectivity index (χ0) is 10.7. The van der Waals surface area contributed by atoms with Crippen molar-refractivity contribution in [3.8, 4) is 5.75 Å². The number of hydrogen-bond acceptors (Lipinski definition) is 5. The Morgan fingerprint density at radius 3 is 3.07 bits per heavy atom. The largest absolute Gasteiger partial charge is 0.497 e. The van der Waals surface area contributed by atoms with Gasteiger partial charge in [-0.3, -0.25) is 5.21 Å². The van der Waals surface area contributed by atoms with Crippen molar-refractivity contribution in [3.05, 3.63) is 24.3 Å². The summed E-state index contributed by atoms with van der Waals surface area (Å²) in [6.45, 7) is 1.45. The molecule has 5 heteroatoms. The lowest BCUT2D eigenvalue weighted by Crippen LogP contribution is -2.36. The average Bonchev–Trinajstić information content (AvgIpc) is 2.81. The Morgan fingerprint density at radius 2 is 2.40 bits per heavy atom. The Kier molecular flexibility index (Phi) is 2.73. The molecule has 1 aromatic rings. The molecular weight excluding hydrogens is 194 g/mol. The summed E-state index contributed by atoms with van der Waals surface area (Å²) in [5.41, 5.74) is 0.627. The predicted molar refractivity (Wildman–Crippen MR) is 57.6 cm³/mol. The topological polar surface area (TPSA) is 57.1 Å². The molecule has 0 aliphatic carbocycles. The van der Waals surface area contributed by atoms with Gasteiger partial charge in [0.15, 0.2) is 0 Å². The number of ether oxygens (including phenoxy) is 1. The fourth-order valence-electron chi connectivity index (χ4n) is 1.39. The number of anilines is 1. The fourth-order valence-corrected chi connectivity index (χ4v) is 1.39. The number of guanidine groups is 1. The van der Waals surface area contributed by atoms with E-state index in [1.54, 1.807) is 19.2 Å². The van der Waals surface area contributed by atoms with Crippen LogP contribution in [0.25, 0.3) is 0 Å². The second-order valence-electron chi connectivity index (χ2n) is 3.15. The molecule has 2 N–H and O–H groups in total. The molecular formula is C10H13N3O2. The number of benzene rings is 1. The van der Waals surface area contributed by atoms with Crippen molar-refractivity contribution in [1.29, 1.82) is 0 Å². The molecule has 0 amide bonds. The van der Waals surface area contributed by atoms with Crippen LogP contribution >= 0.6 is 0 Å². The summed E-state index contributed by atoms with van der Waals surface area (Å²) in [4.78, 5) is 4.11. The molecule has 15 heavy (non-hydrogen) atoms. The first-order chi connectivity index (χ1) is 7.31. The molecule has 80 valence electrons. The van der Waals surface area contributed by atoms with Crippen molar-refractivity contribution < 1.29 is 9.94 Å². The van der Waals surface area contributed by atoms with Gasteiger partial charge in [-0.2, -0.15) is 5.06 Å². The maximum absolute atomic E-state index is 9.82. The minimum Gasteiger partial charge on any atom is -0.497 e. The van der Waals surface area contributed by atoms with Gasteiger partial charge in [-0.15, -0.1) is 0 Å². The van der Waals surface area contributed by atoms with Crippen molar-refractivity contribution in [3.63, 3.8) is 0 Å². The summed E-state index contributed by atoms with van der Waals surface area (Å²) in [6.07, 6.45) is 0. The lowest BCUT2D eigenvalue weighted by Gasteiger charge is -2.16. The third-order valence-corrected chi connectivity index (χ3v) is 2.16. The van der Waals surface area contributed by atoms with Crippen LogP contribution in [0.15, 0.2) is 29.3 Å². The summed E-state index contributed by atoms with van der Waals surface area (Å²) < 4.78 is 5.07. The maximum atomic E-state index is 9.82. The van der Waals surface area contributed by atoms with E-state index in [2.05, 4.69) is 10.3 Å². The van der Waals surface area contributed by atoms with Crippen LogP contribution in [0.2, 0.25) is 0 Å². The number of rotatable bonds is 2. The average molecular weight is 207 g/mol. The van der Waals surface area contributed by atoms with Crippen molar-refractivity contribution in [2.24, 2.45) is 4.99 Å². The zero-order valence-electron chi connectivity index (χ0n) is 8.47. The van der Waals surface area contributed by atoms with Gasteiger partial charge in [0.1, 0.15) is 5.75 Å². The van der Waals surface area contributed by atoms with Gasteiger partial charge >= 0.3 is 0 Å². The molecule has 2 rings (SSSR count). The second kappa shape index (κ2) is 4.18. The Morgan fingerprint density at radius 1 is 1.53 bits per heavy atom. The lowest BCUT2D eigenvalue weighted by molar-refractivity contribution is 0.308. The fraction of sp³-hybridized carbons (Fsp3) is 0.300. The van der Waals surface area contributed by atoms with Gasteiger partial charge in [0.05, 0.1) is 19.3 Å². The van der Waals surface area contributed by atoms with Gasteiger partial charge in [0.25, 0.3) is 0 Å². The molecule has 0 spiro atoms. The highest BCUT2D eigenvalue weighted by atomic mass is 16.5. The quantitative estimate of drug-likeness (QED) is 0.706. The number of hydrogen-bond donors (Lipinski definition) is 2. The van der Waals surface area contributed by atoms with E-state index in [1.807, 2.05) is 12.1 Å². The number of methoxy groups -OCH3 is 1. The smallest absolute Gasteiger partial charge is 0.223 e. The lowest BCUT2D eigenvalue weighted by atomic mass is 10.3. The Bertz CT molecular complexity index is 379. The van der Waals surface area contributed by atoms with E-state index in [1.165, 1.54) is 0 Å². The molecule has 1 aliphatic rings. The first-order valence-electron chi connectivity index (χ1n) is 4.72. The van der Waals surface area contributed by atoms with E-state index in [4.69, 9.17) is 4.74 Å². The molecule has 0 saturated carbocycles. The molecule has 0 aromatic heterocycles. The van der Waals surface area contributed by atoms with Crippen LogP contribution in [-0.4, -0.2) is 31.4 Å². The third-order valence-electron chi connectivity index (χ3n) is 2.16. The van der Waals surface area contributed by atoms with Gasteiger partial charge in [0.2, 0.25) is 5.96 Å². The highest BCUT2D eigenvalue weighted by Crippen LogP contribution is 2.19. The molecule has 0 fully saturated rings. The van der Waals surface area contributed by atoms with E-state index >= 15 is 0 Å². The summed E-state index contributed by atoms with van der Waals surface area (Å²) in [5.74, 6) is 1.17. The minimum atomic E-state index is 0.475. The number of nitrogens with one attached hydrogen (secondary N) is 1. The first kappa shape index (κ1) is 9.79. The monoisotopic (exact) mass is 207 g/mol. The summed E-state index contributed by atoms with van der Waals surface area (Å²) in [5, 5.41) is 13.8. The van der Waals surface area contributed by atoms with E-state index in [-0.39, 0.29) is 0 Å². The van der Waals surface area contributed by atoms with Crippen molar-refractivity contribution in [2.45, 2.75) is 0 Å². The standard InChI is InChI=1S/C10H13N3O2/c1-15-9-4-2-3-8(7-9)13(14)10-11-5-6-12-10/h2-4,7,14H,5-6H2,1H3,(H,11,12). The van der Waals surface area contributed by atoms with Gasteiger partial charge in [-0.25, -0.2) is 4.99 Å². The normalized spacial score (nSPS) is 14.4. The second-order valence-corrected chi connectivity index (χ2v) is 3.15. The van der Waals surface area contributed by atoms with Crippen LogP contribution in [0.4, 0.5) is 5.69 Å². The Balaban J connectivity index is 2.20. The van der Waals surface area contributed by atoms with Crippen LogP contribution < -0.4 is 15.1 Å². The van der Waals surface area contributed by atoms with E-state index in [0.717, 1.165) is 11.6 Å². The zero-order valence-corrected chi connectivity index (χ0v) is 8.47. The van der Waals surface area contributed by atoms with E-state index in [0.29, 0.717) is 23.9 Å². The number of nitrogens with zero attached hydrogens (tertiary/aromatic N) is 2. The molecule has 1 aliphatic heterocycles. The molecule has 0 saturated heterocycles. The summed E-state index contributed by atoms with van der Waals surface area (Å²) >= 11 is 0. The van der Waals surface area contributed by atoms with Crippen molar-refractivity contribution >= 4 is 11.6 Å². The predicted octanol–water partition coefficient (Wildman–Crippen LogP) is 0.850. The Labute approximate surface area is 88.0 Å². The van der Waals surface area contributed by atoms with Gasteiger partial charge in [0, 0.05) is 12.6 Å². The SMILES string of the molecule is COc1cccc(N(O)C2=NCCN2)c1. The van der Waals surface area contributed by atoms with Crippen LogP contribution in [0.5, 0.6) is 5.75 Å². The summed E-state index contributed by atoms with van der Waals surface area (Å²) in [6, 6.07) is 7.15. The van der Waals surface area contributed by atoms with Crippen LogP contribution in [-0.2, 0) is 0 Å². The van der Waals surface area contributed by atoms with Gasteiger partial charge in [-0.05, 0) is 12.1 Å². The van der Waals surface area contributed by atoms with Crippen LogP contribution in [0, 0.1) is 0 Å². The molecule has 0 bridgehead atoms. The minimum absolute atomic E-state index is 0.475. The maximum Gasteiger partial charge on any atom is 0.223 e. The van der Waals surface area contributed by atoms with Gasteiger partial charge < -0.3 is 10.1 Å². The third kappa shape index (κ3) is 2.02. The van der Waals surface area contributed by atoms with Crippen molar-refractivity contribution in [1.82, 2.24) is 5.32 Å². The van der Waals surface area contributed by atoms with E-state index < -0.39 is 0 Å². The summed E-state index contributed by atoms with van der Waals surface area (Å²) in [7, 11) is 1.59. The molecule has 0 unspecified atom stereocenters. The first-order valence-corrected chi connectivity index (χ1v) is 4.72. The van der Waals surface area contributed by atoms with Gasteiger partial charge in [-0.1, -0.05) is 6.07 Å². The number of hydroxylamine groups is 1. The van der Waals surface area contributed by atoms with Crippen LogP contribution in [0.3, 0.4) is 0 Å². The molecule has 0 atom stereocenters. The molecule has 5 nitrogen and oxygen atoms in total. The molecule has 0 radical (unpaired) electrons.